The predicted molar refractivity (Wildman–Crippen MR) is 383 cm³/mol. The fourth-order valence-corrected chi connectivity index (χ4v) is 13.6. The zero-order valence-electron chi connectivity index (χ0n) is 60.3. The van der Waals surface area contributed by atoms with Crippen molar-refractivity contribution in [3.05, 3.63) is 24.3 Å². The van der Waals surface area contributed by atoms with Gasteiger partial charge in [0.25, 0.3) is 0 Å². The largest absolute Gasteiger partial charge is 0.394 e. The van der Waals surface area contributed by atoms with Crippen LogP contribution in [-0.2, 0) is 23.7 Å². The number of nitrogens with one attached hydrogen (secondary N) is 1. The maximum absolute atomic E-state index is 13.4. The summed E-state index contributed by atoms with van der Waals surface area (Å²) in [6.07, 6.45) is 65.1. The topological polar surface area (TPSA) is 228 Å². The molecule has 9 N–H and O–H groups in total. The lowest BCUT2D eigenvalue weighted by Gasteiger charge is -2.46. The summed E-state index contributed by atoms with van der Waals surface area (Å²) < 4.78 is 23.0. The quantitative estimate of drug-likeness (QED) is 0.0204. The molecule has 2 rings (SSSR count). The van der Waals surface area contributed by atoms with E-state index in [2.05, 4.69) is 43.5 Å². The van der Waals surface area contributed by atoms with Crippen LogP contribution in [-0.4, -0.2) is 140 Å². The molecule has 0 radical (unpaired) electrons. The van der Waals surface area contributed by atoms with Gasteiger partial charge in [0.1, 0.15) is 48.8 Å². The Balaban J connectivity index is 1.59. The summed E-state index contributed by atoms with van der Waals surface area (Å²) in [4.78, 5) is 13.4. The third kappa shape index (κ3) is 47.2. The monoisotopic (exact) mass is 1320 g/mol. The lowest BCUT2D eigenvalue weighted by atomic mass is 9.97. The van der Waals surface area contributed by atoms with E-state index in [1.807, 2.05) is 0 Å². The number of aliphatic hydroxyl groups is 8. The highest BCUT2D eigenvalue weighted by Crippen LogP contribution is 2.30. The van der Waals surface area contributed by atoms with Crippen LogP contribution < -0.4 is 5.32 Å². The first-order chi connectivity index (χ1) is 45.6. The summed E-state index contributed by atoms with van der Waals surface area (Å²) in [7, 11) is 0. The van der Waals surface area contributed by atoms with Gasteiger partial charge >= 0.3 is 0 Å². The molecule has 2 saturated heterocycles. The van der Waals surface area contributed by atoms with Crippen LogP contribution in [0.4, 0.5) is 0 Å². The lowest BCUT2D eigenvalue weighted by molar-refractivity contribution is -0.359. The minimum absolute atomic E-state index is 0.197. The Kier molecular flexibility index (Phi) is 60.1. The van der Waals surface area contributed by atoms with Gasteiger partial charge in [-0.2, -0.15) is 0 Å². The first-order valence-electron chi connectivity index (χ1n) is 40.1. The van der Waals surface area contributed by atoms with E-state index in [4.69, 9.17) is 18.9 Å². The molecule has 14 nitrogen and oxygen atoms in total. The Hall–Kier alpha value is -1.53. The summed E-state index contributed by atoms with van der Waals surface area (Å²) in [5, 5.41) is 87.8. The van der Waals surface area contributed by atoms with E-state index in [0.717, 1.165) is 57.8 Å². The molecule has 0 bridgehead atoms. The second kappa shape index (κ2) is 63.9. The van der Waals surface area contributed by atoms with Gasteiger partial charge in [-0.15, -0.1) is 0 Å². The summed E-state index contributed by atoms with van der Waals surface area (Å²) >= 11 is 0. The van der Waals surface area contributed by atoms with Gasteiger partial charge in [0.15, 0.2) is 12.6 Å². The molecule has 14 heteroatoms. The van der Waals surface area contributed by atoms with Gasteiger partial charge in [-0.1, -0.05) is 353 Å². The molecule has 2 fully saturated rings. The molecule has 2 aliphatic rings. The second-order valence-electron chi connectivity index (χ2n) is 28.6. The van der Waals surface area contributed by atoms with Crippen LogP contribution in [0.5, 0.6) is 0 Å². The standard InChI is InChI=1S/C79H151NO13/c1-3-5-7-9-11-13-15-17-19-21-23-25-27-29-30-31-32-33-34-35-36-37-38-39-41-43-45-47-49-51-53-55-57-59-61-63-71(84)80-67(66-90-78-76(89)74(87)77(70(65-82)92-78)93-79-75(88)73(86)72(85)69(64-81)91-79)68(83)62-60-58-56-54-52-50-48-46-44-42-40-28-26-24-22-20-18-16-14-12-10-8-6-4-2/h15,17,21,23,67-70,72-79,81-83,85-89H,3-14,16,18-20,22,24-66H2,1-2H3,(H,80,84)/b17-15-,23-21-. The Bertz CT molecular complexity index is 1650. The van der Waals surface area contributed by atoms with Gasteiger partial charge in [0.05, 0.1) is 32.0 Å². The van der Waals surface area contributed by atoms with Crippen molar-refractivity contribution >= 4 is 5.91 Å². The molecule has 12 unspecified atom stereocenters. The first-order valence-corrected chi connectivity index (χ1v) is 40.1. The number of rotatable bonds is 68. The minimum atomic E-state index is -1.78. The van der Waals surface area contributed by atoms with E-state index in [0.29, 0.717) is 12.8 Å². The number of allylic oxidation sites excluding steroid dienone is 4. The van der Waals surface area contributed by atoms with Crippen LogP contribution in [0.3, 0.4) is 0 Å². The maximum atomic E-state index is 13.4. The average Bonchev–Trinajstić information content (AvgIpc) is 0.854. The minimum Gasteiger partial charge on any atom is -0.394 e. The smallest absolute Gasteiger partial charge is 0.220 e. The van der Waals surface area contributed by atoms with Crippen molar-refractivity contribution in [3.8, 4) is 0 Å². The van der Waals surface area contributed by atoms with Crippen molar-refractivity contribution < 1.29 is 64.6 Å². The first kappa shape index (κ1) is 87.6. The number of carbonyl (C=O) groups is 1. The van der Waals surface area contributed by atoms with Gasteiger partial charge in [0.2, 0.25) is 5.91 Å². The van der Waals surface area contributed by atoms with Crippen molar-refractivity contribution in [2.45, 2.75) is 453 Å². The molecule has 0 aromatic heterocycles. The zero-order valence-corrected chi connectivity index (χ0v) is 60.3. The molecular formula is C79H151NO13. The molecule has 0 aliphatic carbocycles. The lowest BCUT2D eigenvalue weighted by Crippen LogP contribution is -2.65. The molecular weight excluding hydrogens is 1170 g/mol. The molecule has 550 valence electrons. The van der Waals surface area contributed by atoms with Crippen LogP contribution in [0.25, 0.3) is 0 Å². The molecule has 1 amide bonds. The Morgan fingerprint density at radius 1 is 0.387 bits per heavy atom. The molecule has 2 aliphatic heterocycles. The van der Waals surface area contributed by atoms with Gasteiger partial charge in [0, 0.05) is 6.42 Å². The van der Waals surface area contributed by atoms with Gasteiger partial charge in [-0.3, -0.25) is 4.79 Å². The summed E-state index contributed by atoms with van der Waals surface area (Å²) in [6.45, 7) is 2.92. The number of aliphatic hydroxyl groups excluding tert-OH is 8. The van der Waals surface area contributed by atoms with E-state index in [9.17, 15) is 45.6 Å². The van der Waals surface area contributed by atoms with Gasteiger partial charge < -0.3 is 65.1 Å². The highest BCUT2D eigenvalue weighted by Gasteiger charge is 2.51. The average molecular weight is 1320 g/mol. The van der Waals surface area contributed by atoms with E-state index in [-0.39, 0.29) is 12.5 Å². The Labute approximate surface area is 570 Å². The molecule has 0 saturated carbocycles. The van der Waals surface area contributed by atoms with E-state index in [1.165, 1.54) is 295 Å². The van der Waals surface area contributed by atoms with Crippen molar-refractivity contribution in [2.24, 2.45) is 0 Å². The number of unbranched alkanes of at least 4 members (excludes halogenated alkanes) is 51. The number of hydrogen-bond donors (Lipinski definition) is 9. The van der Waals surface area contributed by atoms with Crippen LogP contribution in [0.15, 0.2) is 24.3 Å². The summed E-state index contributed by atoms with van der Waals surface area (Å²) in [6, 6.07) is -0.827. The van der Waals surface area contributed by atoms with Crippen molar-refractivity contribution in [1.29, 1.82) is 0 Å². The predicted octanol–water partition coefficient (Wildman–Crippen LogP) is 17.9. The van der Waals surface area contributed by atoms with Crippen molar-refractivity contribution in [1.82, 2.24) is 5.32 Å². The highest BCUT2D eigenvalue weighted by molar-refractivity contribution is 5.76. The summed E-state index contributed by atoms with van der Waals surface area (Å²) in [5.74, 6) is -0.197. The van der Waals surface area contributed by atoms with E-state index in [1.54, 1.807) is 0 Å². The SMILES string of the molecule is CCCCCCC/C=C\C/C=C\CCCCCCCCCCCCCCCCCCCCCCCCCC(=O)NC(COC1OC(CO)C(OC2OC(CO)C(O)C(O)C2O)C(O)C1O)C(O)CCCCCCCCCCCCCCCCCCCCCCCCCC. The molecule has 0 aromatic carbocycles. The number of ether oxygens (including phenoxy) is 4. The normalized spacial score (nSPS) is 22.6. The summed E-state index contributed by atoms with van der Waals surface area (Å²) in [5.41, 5.74) is 0. The van der Waals surface area contributed by atoms with Crippen molar-refractivity contribution in [2.75, 3.05) is 19.8 Å². The molecule has 0 spiro atoms. The second-order valence-corrected chi connectivity index (χ2v) is 28.6. The van der Waals surface area contributed by atoms with Gasteiger partial charge in [-0.05, 0) is 44.9 Å². The Morgan fingerprint density at radius 2 is 0.710 bits per heavy atom. The number of hydrogen-bond acceptors (Lipinski definition) is 13. The molecule has 93 heavy (non-hydrogen) atoms. The van der Waals surface area contributed by atoms with E-state index >= 15 is 0 Å². The molecule has 2 heterocycles. The maximum Gasteiger partial charge on any atom is 0.220 e. The third-order valence-electron chi connectivity index (χ3n) is 19.9. The fraction of sp³-hybridized carbons (Fsp3) is 0.937. The zero-order chi connectivity index (χ0) is 67.3. The highest BCUT2D eigenvalue weighted by atomic mass is 16.7. The van der Waals surface area contributed by atoms with Gasteiger partial charge in [-0.25, -0.2) is 0 Å². The third-order valence-corrected chi connectivity index (χ3v) is 19.9. The molecule has 0 aromatic rings. The molecule has 12 atom stereocenters. The van der Waals surface area contributed by atoms with E-state index < -0.39 is 86.8 Å². The van der Waals surface area contributed by atoms with Crippen molar-refractivity contribution in [3.63, 3.8) is 0 Å². The van der Waals surface area contributed by atoms with Crippen LogP contribution in [0.1, 0.15) is 380 Å². The van der Waals surface area contributed by atoms with Crippen LogP contribution in [0, 0.1) is 0 Å². The fourth-order valence-electron chi connectivity index (χ4n) is 13.6. The number of amides is 1. The van der Waals surface area contributed by atoms with Crippen LogP contribution in [0.2, 0.25) is 0 Å². The number of carbonyl (C=O) groups excluding carboxylic acids is 1. The van der Waals surface area contributed by atoms with Crippen LogP contribution >= 0.6 is 0 Å². The Morgan fingerprint density at radius 3 is 1.08 bits per heavy atom.